The molecule has 5 nitrogen and oxygen atoms in total. The van der Waals surface area contributed by atoms with E-state index >= 15 is 0 Å². The zero-order chi connectivity index (χ0) is 14.9. The van der Waals surface area contributed by atoms with Crippen LogP contribution in [0.2, 0.25) is 0 Å². The molecule has 8 heteroatoms. The Bertz CT molecular complexity index is 357. The molecule has 0 amide bonds. The summed E-state index contributed by atoms with van der Waals surface area (Å²) in [5, 5.41) is 10.8. The van der Waals surface area contributed by atoms with E-state index in [4.69, 9.17) is 0 Å². The SMILES string of the molecule is C[C@@H]1CCC[C@@H]1SSC(O)(C[N+](C)(C)C)P(=O)(O)O. The van der Waals surface area contributed by atoms with Crippen molar-refractivity contribution < 1.29 is 23.9 Å². The molecule has 0 radical (unpaired) electrons. The summed E-state index contributed by atoms with van der Waals surface area (Å²) < 4.78 is 9.90. The zero-order valence-corrected chi connectivity index (χ0v) is 14.5. The number of quaternary nitrogens is 1. The monoisotopic (exact) mass is 330 g/mol. The third-order valence-corrected chi connectivity index (χ3v) is 8.93. The molecule has 0 aliphatic heterocycles. The molecule has 1 aliphatic rings. The molecular formula is C11H25NO4PS2+. The maximum absolute atomic E-state index is 11.6. The van der Waals surface area contributed by atoms with E-state index in [2.05, 4.69) is 6.92 Å². The second-order valence-corrected chi connectivity index (χ2v) is 11.2. The predicted octanol–water partition coefficient (Wildman–Crippen LogP) is 2.09. The average Bonchev–Trinajstić information content (AvgIpc) is 2.56. The number of aliphatic hydroxyl groups is 1. The van der Waals surface area contributed by atoms with Crippen molar-refractivity contribution >= 4 is 29.2 Å². The lowest BCUT2D eigenvalue weighted by Crippen LogP contribution is -2.47. The Labute approximate surface area is 123 Å². The lowest BCUT2D eigenvalue weighted by molar-refractivity contribution is -0.873. The quantitative estimate of drug-likeness (QED) is 0.300. The van der Waals surface area contributed by atoms with Gasteiger partial charge in [-0.05, 0) is 29.6 Å². The van der Waals surface area contributed by atoms with Crippen LogP contribution in [0.4, 0.5) is 0 Å². The lowest BCUT2D eigenvalue weighted by Gasteiger charge is -2.35. The fourth-order valence-corrected chi connectivity index (χ4v) is 7.59. The maximum Gasteiger partial charge on any atom is 0.374 e. The van der Waals surface area contributed by atoms with Gasteiger partial charge in [0.1, 0.15) is 6.54 Å². The van der Waals surface area contributed by atoms with Crippen molar-refractivity contribution in [1.82, 2.24) is 0 Å². The van der Waals surface area contributed by atoms with Crippen LogP contribution in [0.5, 0.6) is 0 Å². The highest BCUT2D eigenvalue weighted by atomic mass is 33.1. The highest BCUT2D eigenvalue weighted by Crippen LogP contribution is 2.60. The van der Waals surface area contributed by atoms with Crippen molar-refractivity contribution in [3.8, 4) is 0 Å². The first-order valence-electron chi connectivity index (χ1n) is 6.37. The summed E-state index contributed by atoms with van der Waals surface area (Å²) in [7, 11) is 3.23. The Hall–Kier alpha value is 0.770. The second-order valence-electron chi connectivity index (χ2n) is 6.36. The van der Waals surface area contributed by atoms with Gasteiger partial charge in [-0.25, -0.2) is 0 Å². The number of rotatable bonds is 6. The summed E-state index contributed by atoms with van der Waals surface area (Å²) >= 11 is 0. The molecule has 1 saturated carbocycles. The molecule has 0 heterocycles. The van der Waals surface area contributed by atoms with Crippen LogP contribution in [0, 0.1) is 5.92 Å². The van der Waals surface area contributed by atoms with Crippen LogP contribution in [0.15, 0.2) is 0 Å². The van der Waals surface area contributed by atoms with E-state index in [-0.39, 0.29) is 6.54 Å². The molecule has 1 rings (SSSR count). The highest BCUT2D eigenvalue weighted by molar-refractivity contribution is 8.78. The summed E-state index contributed by atoms with van der Waals surface area (Å²) in [5.41, 5.74) is 0. The first-order chi connectivity index (χ1) is 8.45. The van der Waals surface area contributed by atoms with Crippen molar-refractivity contribution in [2.75, 3.05) is 27.7 Å². The Kier molecular flexibility index (Phi) is 5.87. The normalized spacial score (nSPS) is 28.4. The Morgan fingerprint density at radius 1 is 1.32 bits per heavy atom. The second kappa shape index (κ2) is 6.26. The summed E-state index contributed by atoms with van der Waals surface area (Å²) in [6.07, 6.45) is 3.37. The lowest BCUT2D eigenvalue weighted by atomic mass is 10.1. The number of likely N-dealkylation sites (N-methyl/N-ethyl adjacent to an activating group) is 1. The van der Waals surface area contributed by atoms with E-state index in [9.17, 15) is 19.5 Å². The summed E-state index contributed by atoms with van der Waals surface area (Å²) in [5.74, 6) is 0.544. The largest absolute Gasteiger partial charge is 0.374 e. The first-order valence-corrected chi connectivity index (χ1v) is 10.2. The van der Waals surface area contributed by atoms with Crippen LogP contribution >= 0.6 is 29.2 Å². The van der Waals surface area contributed by atoms with E-state index in [1.807, 2.05) is 21.1 Å². The Morgan fingerprint density at radius 2 is 1.89 bits per heavy atom. The molecule has 19 heavy (non-hydrogen) atoms. The predicted molar refractivity (Wildman–Crippen MR) is 81.9 cm³/mol. The topological polar surface area (TPSA) is 77.8 Å². The van der Waals surface area contributed by atoms with Crippen LogP contribution in [0.3, 0.4) is 0 Å². The van der Waals surface area contributed by atoms with E-state index in [0.717, 1.165) is 30.1 Å². The van der Waals surface area contributed by atoms with Gasteiger partial charge in [-0.3, -0.25) is 4.57 Å². The van der Waals surface area contributed by atoms with Crippen LogP contribution in [-0.2, 0) is 4.57 Å². The maximum atomic E-state index is 11.6. The first kappa shape index (κ1) is 17.8. The van der Waals surface area contributed by atoms with Crippen LogP contribution in [-0.4, -0.2) is 57.0 Å². The Balaban J connectivity index is 2.73. The van der Waals surface area contributed by atoms with E-state index in [0.29, 0.717) is 15.7 Å². The summed E-state index contributed by atoms with van der Waals surface area (Å²) in [4.78, 5) is 18.9. The summed E-state index contributed by atoms with van der Waals surface area (Å²) in [6.45, 7) is 2.16. The minimum Gasteiger partial charge on any atom is -0.364 e. The van der Waals surface area contributed by atoms with Gasteiger partial charge in [-0.1, -0.05) is 24.1 Å². The van der Waals surface area contributed by atoms with Crippen LogP contribution < -0.4 is 0 Å². The summed E-state index contributed by atoms with van der Waals surface area (Å²) in [6, 6.07) is 0. The number of nitrogens with zero attached hydrogens (tertiary/aromatic N) is 1. The van der Waals surface area contributed by atoms with Gasteiger partial charge in [-0.15, -0.1) is 0 Å². The molecule has 1 aliphatic carbocycles. The van der Waals surface area contributed by atoms with Crippen molar-refractivity contribution in [2.24, 2.45) is 5.92 Å². The third-order valence-electron chi connectivity index (χ3n) is 3.22. The minimum atomic E-state index is -4.58. The van der Waals surface area contributed by atoms with Gasteiger partial charge in [-0.2, -0.15) is 0 Å². The van der Waals surface area contributed by atoms with Crippen molar-refractivity contribution in [2.45, 2.75) is 36.1 Å². The van der Waals surface area contributed by atoms with Crippen molar-refractivity contribution in [3.63, 3.8) is 0 Å². The van der Waals surface area contributed by atoms with Gasteiger partial charge in [0.2, 0.25) is 0 Å². The van der Waals surface area contributed by atoms with Gasteiger partial charge < -0.3 is 19.4 Å². The highest BCUT2D eigenvalue weighted by Gasteiger charge is 2.51. The van der Waals surface area contributed by atoms with E-state index in [1.54, 1.807) is 0 Å². The molecule has 0 aromatic heterocycles. The molecule has 3 N–H and O–H groups in total. The van der Waals surface area contributed by atoms with Gasteiger partial charge in [0.05, 0.1) is 21.1 Å². The number of hydrogen-bond donors (Lipinski definition) is 3. The standard InChI is InChI=1S/C11H24NO4PS2/c1-9-6-5-7-10(9)18-19-11(13,17(14,15)16)8-12(2,3)4/h9-10,13H,5-8H2,1-4H3,(H-,14,15,16)/p+1/t9-,10+,11?/m1/s1. The minimum absolute atomic E-state index is 0.00997. The van der Waals surface area contributed by atoms with Gasteiger partial charge in [0.25, 0.3) is 4.67 Å². The van der Waals surface area contributed by atoms with Gasteiger partial charge >= 0.3 is 7.60 Å². The molecule has 0 saturated heterocycles. The fourth-order valence-electron chi connectivity index (χ4n) is 2.18. The van der Waals surface area contributed by atoms with Crippen LogP contribution in [0.1, 0.15) is 26.2 Å². The van der Waals surface area contributed by atoms with E-state index in [1.165, 1.54) is 10.8 Å². The molecule has 0 spiro atoms. The van der Waals surface area contributed by atoms with E-state index < -0.39 is 12.3 Å². The average molecular weight is 330 g/mol. The molecule has 3 atom stereocenters. The molecular weight excluding hydrogens is 305 g/mol. The van der Waals surface area contributed by atoms with Crippen molar-refractivity contribution in [3.05, 3.63) is 0 Å². The van der Waals surface area contributed by atoms with Crippen LogP contribution in [0.25, 0.3) is 0 Å². The number of hydrogen-bond acceptors (Lipinski definition) is 4. The van der Waals surface area contributed by atoms with Crippen molar-refractivity contribution in [1.29, 1.82) is 0 Å². The molecule has 0 aromatic carbocycles. The Morgan fingerprint density at radius 3 is 2.26 bits per heavy atom. The molecule has 0 aromatic rings. The molecule has 114 valence electrons. The molecule has 1 fully saturated rings. The molecule has 1 unspecified atom stereocenters. The third kappa shape index (κ3) is 5.23. The zero-order valence-electron chi connectivity index (χ0n) is 11.9. The smallest absolute Gasteiger partial charge is 0.364 e. The molecule has 0 bridgehead atoms. The van der Waals surface area contributed by atoms with Gasteiger partial charge in [0, 0.05) is 5.25 Å². The fraction of sp³-hybridized carbons (Fsp3) is 1.00. The van der Waals surface area contributed by atoms with Gasteiger partial charge in [0.15, 0.2) is 0 Å².